The van der Waals surface area contributed by atoms with Gasteiger partial charge in [-0.15, -0.1) is 0 Å². The number of hydrogen-bond acceptors (Lipinski definition) is 6. The van der Waals surface area contributed by atoms with E-state index in [0.29, 0.717) is 38.9 Å². The average Bonchev–Trinajstić information content (AvgIpc) is 2.71. The summed E-state index contributed by atoms with van der Waals surface area (Å²) >= 11 is 0. The lowest BCUT2D eigenvalue weighted by Gasteiger charge is -2.24. The maximum absolute atomic E-state index is 12.5. The highest BCUT2D eigenvalue weighted by molar-refractivity contribution is 5.67. The molecule has 2 unspecified atom stereocenters. The minimum absolute atomic E-state index is 0.141. The summed E-state index contributed by atoms with van der Waals surface area (Å²) in [5.41, 5.74) is 3.99. The number of aryl methyl sites for hydroxylation is 2. The molecule has 1 saturated heterocycles. The van der Waals surface area contributed by atoms with Crippen LogP contribution in [0.4, 0.5) is 0 Å². The van der Waals surface area contributed by atoms with Crippen molar-refractivity contribution in [3.05, 3.63) is 45.9 Å². The minimum Gasteiger partial charge on any atom is -0.475 e. The molecular weight excluding hydrogens is 360 g/mol. The van der Waals surface area contributed by atoms with Crippen LogP contribution in [0.1, 0.15) is 24.5 Å². The smallest absolute Gasteiger partial charge is 0.351 e. The van der Waals surface area contributed by atoms with Gasteiger partial charge in [0, 0.05) is 18.2 Å². The SMILES string of the molecule is CC(O)CCc1ccc2c(c1)CCn1c-2cc(OCC2COCCO2)nc1=O. The number of aliphatic hydroxyl groups excluding tert-OH is 1. The monoisotopic (exact) mass is 386 g/mol. The van der Waals surface area contributed by atoms with E-state index in [9.17, 15) is 9.90 Å². The number of nitrogens with zero attached hydrogens (tertiary/aromatic N) is 2. The first kappa shape index (κ1) is 19.1. The third-order valence-electron chi connectivity index (χ3n) is 5.19. The average molecular weight is 386 g/mol. The van der Waals surface area contributed by atoms with Crippen LogP contribution in [0.5, 0.6) is 5.88 Å². The third-order valence-corrected chi connectivity index (χ3v) is 5.19. The van der Waals surface area contributed by atoms with Crippen molar-refractivity contribution in [3.63, 3.8) is 0 Å². The Kier molecular flexibility index (Phi) is 5.75. The summed E-state index contributed by atoms with van der Waals surface area (Å²) in [7, 11) is 0. The van der Waals surface area contributed by atoms with Gasteiger partial charge < -0.3 is 19.3 Å². The van der Waals surface area contributed by atoms with Gasteiger partial charge in [0.15, 0.2) is 0 Å². The predicted octanol–water partition coefficient (Wildman–Crippen LogP) is 1.57. The molecule has 0 radical (unpaired) electrons. The maximum Gasteiger partial charge on any atom is 0.351 e. The van der Waals surface area contributed by atoms with Crippen molar-refractivity contribution in [2.45, 2.75) is 44.9 Å². The van der Waals surface area contributed by atoms with Gasteiger partial charge in [0.05, 0.1) is 31.6 Å². The van der Waals surface area contributed by atoms with Gasteiger partial charge in [-0.1, -0.05) is 18.2 Å². The van der Waals surface area contributed by atoms with Gasteiger partial charge in [0.2, 0.25) is 5.88 Å². The summed E-state index contributed by atoms with van der Waals surface area (Å²) in [6.45, 7) is 4.36. The van der Waals surface area contributed by atoms with Crippen LogP contribution in [0, 0.1) is 0 Å². The van der Waals surface area contributed by atoms with Gasteiger partial charge in [0.25, 0.3) is 0 Å². The van der Waals surface area contributed by atoms with Crippen molar-refractivity contribution in [3.8, 4) is 17.1 Å². The molecule has 0 saturated carbocycles. The molecule has 7 nitrogen and oxygen atoms in total. The fraction of sp³-hybridized carbons (Fsp3) is 0.524. The molecule has 0 spiro atoms. The molecule has 0 aliphatic carbocycles. The second-order valence-electron chi connectivity index (χ2n) is 7.42. The Morgan fingerprint density at radius 1 is 1.36 bits per heavy atom. The predicted molar refractivity (Wildman–Crippen MR) is 104 cm³/mol. The summed E-state index contributed by atoms with van der Waals surface area (Å²) in [5, 5.41) is 9.51. The summed E-state index contributed by atoms with van der Waals surface area (Å²) in [6.07, 6.45) is 1.92. The first-order chi connectivity index (χ1) is 13.6. The van der Waals surface area contributed by atoms with Crippen molar-refractivity contribution in [1.82, 2.24) is 9.55 Å². The van der Waals surface area contributed by atoms with Crippen molar-refractivity contribution < 1.29 is 19.3 Å². The Bertz CT molecular complexity index is 887. The van der Waals surface area contributed by atoms with Gasteiger partial charge in [-0.25, -0.2) is 4.79 Å². The van der Waals surface area contributed by atoms with Crippen LogP contribution < -0.4 is 10.4 Å². The molecule has 28 heavy (non-hydrogen) atoms. The molecule has 0 amide bonds. The molecule has 1 aromatic heterocycles. The first-order valence-corrected chi connectivity index (χ1v) is 9.84. The molecule has 2 aliphatic heterocycles. The lowest BCUT2D eigenvalue weighted by atomic mass is 9.94. The number of rotatable bonds is 6. The van der Waals surface area contributed by atoms with Crippen molar-refractivity contribution in [2.24, 2.45) is 0 Å². The van der Waals surface area contributed by atoms with E-state index in [-0.39, 0.29) is 17.9 Å². The summed E-state index contributed by atoms with van der Waals surface area (Å²) in [5.74, 6) is 0.316. The van der Waals surface area contributed by atoms with Crippen LogP contribution in [0.2, 0.25) is 0 Å². The topological polar surface area (TPSA) is 82.8 Å². The number of benzene rings is 1. The van der Waals surface area contributed by atoms with Crippen LogP contribution in [0.25, 0.3) is 11.3 Å². The molecule has 150 valence electrons. The number of aliphatic hydroxyl groups is 1. The fourth-order valence-corrected chi connectivity index (χ4v) is 3.68. The highest BCUT2D eigenvalue weighted by atomic mass is 16.6. The molecule has 7 heteroatoms. The second-order valence-corrected chi connectivity index (χ2v) is 7.42. The van der Waals surface area contributed by atoms with E-state index in [1.807, 2.05) is 6.07 Å². The molecule has 0 bridgehead atoms. The molecule has 3 heterocycles. The molecule has 1 aromatic carbocycles. The molecule has 2 atom stereocenters. The Hall–Kier alpha value is -2.22. The Morgan fingerprint density at radius 3 is 3.04 bits per heavy atom. The largest absolute Gasteiger partial charge is 0.475 e. The van der Waals surface area contributed by atoms with Gasteiger partial charge >= 0.3 is 5.69 Å². The minimum atomic E-state index is -0.306. The van der Waals surface area contributed by atoms with Gasteiger partial charge in [0.1, 0.15) is 12.7 Å². The lowest BCUT2D eigenvalue weighted by Crippen LogP contribution is -2.34. The van der Waals surface area contributed by atoms with Crippen LogP contribution in [-0.2, 0) is 28.9 Å². The molecular formula is C21H26N2O5. The highest BCUT2D eigenvalue weighted by Gasteiger charge is 2.21. The molecule has 1 N–H and O–H groups in total. The van der Waals surface area contributed by atoms with E-state index < -0.39 is 0 Å². The maximum atomic E-state index is 12.5. The standard InChI is InChI=1S/C21H26N2O5/c1-14(24)2-3-15-4-5-18-16(10-15)6-7-23-19(18)11-20(22-21(23)25)28-13-17-12-26-8-9-27-17/h4-5,10-11,14,17,24H,2-3,6-9,12-13H2,1H3. The normalized spacial score (nSPS) is 19.6. The van der Waals surface area contributed by atoms with E-state index >= 15 is 0 Å². The number of hydrogen-bond donors (Lipinski definition) is 1. The van der Waals surface area contributed by atoms with Crippen LogP contribution in [0.3, 0.4) is 0 Å². The zero-order valence-corrected chi connectivity index (χ0v) is 16.1. The molecule has 2 aliphatic rings. The van der Waals surface area contributed by atoms with Gasteiger partial charge in [-0.3, -0.25) is 4.57 Å². The second kappa shape index (κ2) is 8.43. The van der Waals surface area contributed by atoms with Crippen molar-refractivity contribution in [1.29, 1.82) is 0 Å². The van der Waals surface area contributed by atoms with Crippen LogP contribution in [-0.4, -0.2) is 53.3 Å². The van der Waals surface area contributed by atoms with E-state index in [2.05, 4.69) is 23.2 Å². The molecule has 2 aromatic rings. The number of aromatic nitrogens is 2. The van der Waals surface area contributed by atoms with E-state index in [4.69, 9.17) is 14.2 Å². The highest BCUT2D eigenvalue weighted by Crippen LogP contribution is 2.30. The van der Waals surface area contributed by atoms with Crippen molar-refractivity contribution in [2.75, 3.05) is 26.4 Å². The summed E-state index contributed by atoms with van der Waals surface area (Å²) < 4.78 is 18.4. The Balaban J connectivity index is 1.55. The van der Waals surface area contributed by atoms with Crippen molar-refractivity contribution >= 4 is 0 Å². The molecule has 4 rings (SSSR count). The fourth-order valence-electron chi connectivity index (χ4n) is 3.68. The first-order valence-electron chi connectivity index (χ1n) is 9.84. The van der Waals surface area contributed by atoms with Gasteiger partial charge in [-0.2, -0.15) is 4.98 Å². The Morgan fingerprint density at radius 2 is 2.25 bits per heavy atom. The summed E-state index contributed by atoms with van der Waals surface area (Å²) in [6, 6.07) is 8.13. The van der Waals surface area contributed by atoms with Crippen LogP contribution >= 0.6 is 0 Å². The zero-order valence-electron chi connectivity index (χ0n) is 16.1. The lowest BCUT2D eigenvalue weighted by molar-refractivity contribution is -0.102. The van der Waals surface area contributed by atoms with E-state index in [1.54, 1.807) is 11.5 Å². The van der Waals surface area contributed by atoms with Crippen LogP contribution in [0.15, 0.2) is 29.1 Å². The van der Waals surface area contributed by atoms with E-state index in [1.165, 1.54) is 11.1 Å². The van der Waals surface area contributed by atoms with Gasteiger partial charge in [-0.05, 0) is 37.3 Å². The molecule has 1 fully saturated rings. The number of ether oxygens (including phenoxy) is 3. The Labute approximate surface area is 163 Å². The zero-order chi connectivity index (χ0) is 19.5. The van der Waals surface area contributed by atoms with E-state index in [0.717, 1.165) is 30.5 Å². The quantitative estimate of drug-likeness (QED) is 0.812. The summed E-state index contributed by atoms with van der Waals surface area (Å²) in [4.78, 5) is 16.5. The third kappa shape index (κ3) is 4.27. The number of fused-ring (bicyclic) bond motifs is 3.